The van der Waals surface area contributed by atoms with Crippen molar-refractivity contribution in [2.24, 2.45) is 0 Å². The molecule has 2 aromatic carbocycles. The van der Waals surface area contributed by atoms with Gasteiger partial charge in [-0.05, 0) is 42.7 Å². The molecule has 0 aliphatic carbocycles. The van der Waals surface area contributed by atoms with Gasteiger partial charge in [0.1, 0.15) is 5.82 Å². The fourth-order valence-electron chi connectivity index (χ4n) is 3.92. The van der Waals surface area contributed by atoms with E-state index in [1.807, 2.05) is 53.4 Å². The number of nitrogens with zero attached hydrogens (tertiary/aromatic N) is 3. The van der Waals surface area contributed by atoms with Crippen LogP contribution in [-0.2, 0) is 11.2 Å². The van der Waals surface area contributed by atoms with Crippen molar-refractivity contribution in [3.05, 3.63) is 95.2 Å². The Kier molecular flexibility index (Phi) is 6.80. The minimum absolute atomic E-state index is 0.0711. The summed E-state index contributed by atoms with van der Waals surface area (Å²) in [5.41, 5.74) is 3.44. The summed E-state index contributed by atoms with van der Waals surface area (Å²) in [6, 6.07) is 21.6. The van der Waals surface area contributed by atoms with E-state index in [1.165, 1.54) is 5.56 Å². The van der Waals surface area contributed by atoms with Gasteiger partial charge in [0.2, 0.25) is 0 Å². The summed E-state index contributed by atoms with van der Waals surface area (Å²) in [4.78, 5) is 33.5. The Hall–Kier alpha value is -3.67. The van der Waals surface area contributed by atoms with Gasteiger partial charge in [-0.15, -0.1) is 0 Å². The van der Waals surface area contributed by atoms with E-state index in [1.54, 1.807) is 19.2 Å². The zero-order chi connectivity index (χ0) is 22.3. The smallest absolute Gasteiger partial charge is 0.339 e. The van der Waals surface area contributed by atoms with Crippen molar-refractivity contribution < 1.29 is 14.3 Å². The fraction of sp³-hybridized carbons (Fsp3) is 0.269. The van der Waals surface area contributed by atoms with Crippen LogP contribution in [0.15, 0.2) is 72.9 Å². The van der Waals surface area contributed by atoms with Crippen molar-refractivity contribution in [3.8, 4) is 0 Å². The number of anilines is 1. The average molecular weight is 430 g/mol. The first-order valence-corrected chi connectivity index (χ1v) is 10.9. The molecule has 1 saturated heterocycles. The molecule has 0 bridgehead atoms. The van der Waals surface area contributed by atoms with E-state index in [0.717, 1.165) is 23.4 Å². The van der Waals surface area contributed by atoms with Gasteiger partial charge in [0, 0.05) is 37.9 Å². The van der Waals surface area contributed by atoms with Crippen LogP contribution in [0.1, 0.15) is 38.8 Å². The number of pyridine rings is 1. The molecule has 1 aliphatic rings. The van der Waals surface area contributed by atoms with Crippen molar-refractivity contribution in [3.63, 3.8) is 0 Å². The molecule has 6 heteroatoms. The standard InChI is InChI=1S/C26H27N3O3/c1-2-32-26(31)22-12-13-24(27-19-22)28-14-16-29(17-15-28)25(30)23-11-7-6-10-21(23)18-20-8-4-3-5-9-20/h3-13,19H,2,14-18H2,1H3. The summed E-state index contributed by atoms with van der Waals surface area (Å²) >= 11 is 0. The second kappa shape index (κ2) is 10.1. The molecule has 2 heterocycles. The molecule has 1 fully saturated rings. The molecule has 0 radical (unpaired) electrons. The Balaban J connectivity index is 1.39. The van der Waals surface area contributed by atoms with E-state index in [2.05, 4.69) is 22.0 Å². The normalized spacial score (nSPS) is 13.7. The Morgan fingerprint density at radius 1 is 0.906 bits per heavy atom. The number of amides is 1. The molecule has 1 aliphatic heterocycles. The van der Waals surface area contributed by atoms with Crippen LogP contribution in [0.25, 0.3) is 0 Å². The van der Waals surface area contributed by atoms with Crippen LogP contribution < -0.4 is 4.90 Å². The molecule has 4 rings (SSSR count). The van der Waals surface area contributed by atoms with Gasteiger partial charge >= 0.3 is 5.97 Å². The first kappa shape index (κ1) is 21.6. The molecule has 6 nitrogen and oxygen atoms in total. The summed E-state index contributed by atoms with van der Waals surface area (Å²) in [5, 5.41) is 0. The van der Waals surface area contributed by atoms with Crippen LogP contribution in [0.5, 0.6) is 0 Å². The maximum atomic E-state index is 13.3. The van der Waals surface area contributed by atoms with Gasteiger partial charge in [-0.25, -0.2) is 9.78 Å². The van der Waals surface area contributed by atoms with Gasteiger partial charge in [-0.2, -0.15) is 0 Å². The molecule has 0 spiro atoms. The molecule has 0 unspecified atom stereocenters. The molecule has 0 N–H and O–H groups in total. The predicted octanol–water partition coefficient (Wildman–Crippen LogP) is 3.81. The second-order valence-corrected chi connectivity index (χ2v) is 7.72. The Morgan fingerprint density at radius 2 is 1.62 bits per heavy atom. The Labute approximate surface area is 188 Å². The van der Waals surface area contributed by atoms with Gasteiger partial charge in [-0.3, -0.25) is 4.79 Å². The van der Waals surface area contributed by atoms with Crippen LogP contribution in [0, 0.1) is 0 Å². The third kappa shape index (κ3) is 4.97. The lowest BCUT2D eigenvalue weighted by molar-refractivity contribution is 0.0525. The molecule has 164 valence electrons. The largest absolute Gasteiger partial charge is 0.462 e. The van der Waals surface area contributed by atoms with E-state index in [4.69, 9.17) is 4.74 Å². The Bertz CT molecular complexity index is 1060. The average Bonchev–Trinajstić information content (AvgIpc) is 2.85. The number of piperazine rings is 1. The van der Waals surface area contributed by atoms with Gasteiger partial charge in [-0.1, -0.05) is 48.5 Å². The highest BCUT2D eigenvalue weighted by Gasteiger charge is 2.24. The lowest BCUT2D eigenvalue weighted by Crippen LogP contribution is -2.49. The fourth-order valence-corrected chi connectivity index (χ4v) is 3.92. The highest BCUT2D eigenvalue weighted by molar-refractivity contribution is 5.96. The number of aromatic nitrogens is 1. The predicted molar refractivity (Wildman–Crippen MR) is 124 cm³/mol. The van der Waals surface area contributed by atoms with Crippen LogP contribution in [0.2, 0.25) is 0 Å². The third-order valence-electron chi connectivity index (χ3n) is 5.64. The third-order valence-corrected chi connectivity index (χ3v) is 5.64. The topological polar surface area (TPSA) is 62.7 Å². The van der Waals surface area contributed by atoms with E-state index in [-0.39, 0.29) is 11.9 Å². The minimum Gasteiger partial charge on any atom is -0.462 e. The maximum absolute atomic E-state index is 13.3. The van der Waals surface area contributed by atoms with E-state index < -0.39 is 0 Å². The number of benzene rings is 2. The zero-order valence-corrected chi connectivity index (χ0v) is 18.2. The molecule has 32 heavy (non-hydrogen) atoms. The molecule has 1 aromatic heterocycles. The van der Waals surface area contributed by atoms with Crippen LogP contribution in [-0.4, -0.2) is 54.5 Å². The van der Waals surface area contributed by atoms with Crippen molar-refractivity contribution in [2.45, 2.75) is 13.3 Å². The molecule has 0 atom stereocenters. The van der Waals surface area contributed by atoms with Gasteiger partial charge in [0.05, 0.1) is 12.2 Å². The number of hydrogen-bond donors (Lipinski definition) is 0. The molecular formula is C26H27N3O3. The molecule has 0 saturated carbocycles. The molecule has 1 amide bonds. The van der Waals surface area contributed by atoms with Crippen LogP contribution in [0.3, 0.4) is 0 Å². The quantitative estimate of drug-likeness (QED) is 0.558. The Morgan fingerprint density at radius 3 is 2.31 bits per heavy atom. The summed E-state index contributed by atoms with van der Waals surface area (Å²) in [6.45, 7) is 4.75. The highest BCUT2D eigenvalue weighted by Crippen LogP contribution is 2.19. The summed E-state index contributed by atoms with van der Waals surface area (Å²) in [7, 11) is 0. The number of ether oxygens (including phenoxy) is 1. The van der Waals surface area contributed by atoms with Gasteiger partial charge in [0.25, 0.3) is 5.91 Å². The SMILES string of the molecule is CCOC(=O)c1ccc(N2CCN(C(=O)c3ccccc3Cc3ccccc3)CC2)nc1. The van der Waals surface area contributed by atoms with Gasteiger partial charge in [0.15, 0.2) is 0 Å². The van der Waals surface area contributed by atoms with E-state index in [9.17, 15) is 9.59 Å². The van der Waals surface area contributed by atoms with Crippen molar-refractivity contribution in [1.82, 2.24) is 9.88 Å². The highest BCUT2D eigenvalue weighted by atomic mass is 16.5. The number of rotatable bonds is 6. The summed E-state index contributed by atoms with van der Waals surface area (Å²) in [5.74, 6) is 0.507. The van der Waals surface area contributed by atoms with E-state index in [0.29, 0.717) is 38.3 Å². The molecule has 3 aromatic rings. The van der Waals surface area contributed by atoms with E-state index >= 15 is 0 Å². The van der Waals surface area contributed by atoms with Crippen LogP contribution >= 0.6 is 0 Å². The van der Waals surface area contributed by atoms with Crippen molar-refractivity contribution >= 4 is 17.7 Å². The maximum Gasteiger partial charge on any atom is 0.339 e. The second-order valence-electron chi connectivity index (χ2n) is 7.72. The summed E-state index contributed by atoms with van der Waals surface area (Å²) < 4.78 is 5.01. The first-order valence-electron chi connectivity index (χ1n) is 10.9. The lowest BCUT2D eigenvalue weighted by atomic mass is 9.99. The number of hydrogen-bond acceptors (Lipinski definition) is 5. The number of carbonyl (C=O) groups excluding carboxylic acids is 2. The minimum atomic E-state index is -0.365. The zero-order valence-electron chi connectivity index (χ0n) is 18.2. The monoisotopic (exact) mass is 429 g/mol. The molecular weight excluding hydrogens is 402 g/mol. The van der Waals surface area contributed by atoms with Crippen molar-refractivity contribution in [2.75, 3.05) is 37.7 Å². The van der Waals surface area contributed by atoms with Gasteiger partial charge < -0.3 is 14.5 Å². The lowest BCUT2D eigenvalue weighted by Gasteiger charge is -2.35. The van der Waals surface area contributed by atoms with Crippen molar-refractivity contribution in [1.29, 1.82) is 0 Å². The number of carbonyl (C=O) groups is 2. The first-order chi connectivity index (χ1) is 15.7. The van der Waals surface area contributed by atoms with Crippen LogP contribution in [0.4, 0.5) is 5.82 Å². The number of esters is 1. The summed E-state index contributed by atoms with van der Waals surface area (Å²) in [6.07, 6.45) is 2.28.